The summed E-state index contributed by atoms with van der Waals surface area (Å²) in [5.74, 6) is 0.575. The van der Waals surface area contributed by atoms with Crippen molar-refractivity contribution in [2.24, 2.45) is 4.99 Å². The van der Waals surface area contributed by atoms with Gasteiger partial charge in [-0.15, -0.1) is 0 Å². The summed E-state index contributed by atoms with van der Waals surface area (Å²) in [6.07, 6.45) is 1.66. The van der Waals surface area contributed by atoms with Crippen molar-refractivity contribution in [3.8, 4) is 17.4 Å². The van der Waals surface area contributed by atoms with Gasteiger partial charge >= 0.3 is 0 Å². The Balaban J connectivity index is 1.58. The summed E-state index contributed by atoms with van der Waals surface area (Å²) in [6, 6.07) is 18.6. The number of halogens is 1. The van der Waals surface area contributed by atoms with Gasteiger partial charge in [0.15, 0.2) is 5.17 Å². The molecule has 2 heterocycles. The molecule has 1 amide bonds. The minimum atomic E-state index is -0.384. The van der Waals surface area contributed by atoms with Crippen molar-refractivity contribution in [3.63, 3.8) is 0 Å². The van der Waals surface area contributed by atoms with E-state index < -0.39 is 0 Å². The number of aliphatic imine (C=N–C) groups is 1. The van der Waals surface area contributed by atoms with E-state index in [1.807, 2.05) is 6.07 Å². The zero-order valence-corrected chi connectivity index (χ0v) is 16.1. The van der Waals surface area contributed by atoms with E-state index in [0.29, 0.717) is 32.8 Å². The number of amidine groups is 1. The Bertz CT molecular complexity index is 1190. The van der Waals surface area contributed by atoms with Gasteiger partial charge < -0.3 is 4.42 Å². The number of rotatable bonds is 3. The largest absolute Gasteiger partial charge is 0.457 e. The lowest BCUT2D eigenvalue weighted by Gasteiger charge is -2.06. The molecule has 1 fully saturated rings. The third-order valence-corrected chi connectivity index (χ3v) is 5.30. The van der Waals surface area contributed by atoms with Crippen LogP contribution in [-0.4, -0.2) is 23.0 Å². The first-order valence-electron chi connectivity index (χ1n) is 8.66. The molecule has 1 aliphatic heterocycles. The van der Waals surface area contributed by atoms with Gasteiger partial charge in [-0.05, 0) is 66.4 Å². The normalized spacial score (nSPS) is 16.6. The van der Waals surface area contributed by atoms with Crippen molar-refractivity contribution in [1.29, 1.82) is 5.26 Å². The first-order valence-corrected chi connectivity index (χ1v) is 9.47. The van der Waals surface area contributed by atoms with Crippen LogP contribution in [0.3, 0.4) is 0 Å². The average molecular weight is 403 g/mol. The van der Waals surface area contributed by atoms with Crippen LogP contribution in [0, 0.1) is 17.1 Å². The molecule has 1 aromatic heterocycles. The predicted octanol–water partition coefficient (Wildman–Crippen LogP) is 5.19. The zero-order valence-electron chi connectivity index (χ0n) is 15.3. The second kappa shape index (κ2) is 7.78. The van der Waals surface area contributed by atoms with Crippen molar-refractivity contribution in [1.82, 2.24) is 4.90 Å². The van der Waals surface area contributed by atoms with Crippen LogP contribution < -0.4 is 0 Å². The quantitative estimate of drug-likeness (QED) is 0.564. The molecule has 5 nitrogen and oxygen atoms in total. The van der Waals surface area contributed by atoms with E-state index in [1.54, 1.807) is 55.6 Å². The zero-order chi connectivity index (χ0) is 20.4. The van der Waals surface area contributed by atoms with Crippen molar-refractivity contribution < 1.29 is 13.6 Å². The van der Waals surface area contributed by atoms with Gasteiger partial charge in [0.05, 0.1) is 22.2 Å². The van der Waals surface area contributed by atoms with Gasteiger partial charge in [0.25, 0.3) is 5.91 Å². The van der Waals surface area contributed by atoms with Crippen LogP contribution in [0.15, 0.2) is 75.0 Å². The summed E-state index contributed by atoms with van der Waals surface area (Å²) < 4.78 is 19.2. The van der Waals surface area contributed by atoms with Gasteiger partial charge in [0.2, 0.25) is 0 Å². The fourth-order valence-electron chi connectivity index (χ4n) is 2.73. The van der Waals surface area contributed by atoms with Crippen LogP contribution in [-0.2, 0) is 4.79 Å². The maximum Gasteiger partial charge on any atom is 0.266 e. The highest BCUT2D eigenvalue weighted by atomic mass is 32.2. The van der Waals surface area contributed by atoms with E-state index in [1.165, 1.54) is 28.8 Å². The third-order valence-electron chi connectivity index (χ3n) is 4.24. The summed E-state index contributed by atoms with van der Waals surface area (Å²) in [5, 5.41) is 9.35. The van der Waals surface area contributed by atoms with Gasteiger partial charge in [-0.3, -0.25) is 9.69 Å². The van der Waals surface area contributed by atoms with Crippen LogP contribution in [0.25, 0.3) is 17.4 Å². The van der Waals surface area contributed by atoms with E-state index in [4.69, 9.17) is 9.68 Å². The topological polar surface area (TPSA) is 69.6 Å². The van der Waals surface area contributed by atoms with Gasteiger partial charge in [0.1, 0.15) is 17.3 Å². The summed E-state index contributed by atoms with van der Waals surface area (Å²) in [4.78, 5) is 18.8. The van der Waals surface area contributed by atoms with Crippen LogP contribution in [0.5, 0.6) is 0 Å². The molecule has 1 aliphatic rings. The molecule has 0 saturated carbocycles. The summed E-state index contributed by atoms with van der Waals surface area (Å²) in [7, 11) is 1.62. The number of furan rings is 1. The smallest absolute Gasteiger partial charge is 0.266 e. The molecule has 0 atom stereocenters. The molecule has 3 aromatic rings. The Labute approximate surface area is 170 Å². The minimum absolute atomic E-state index is 0.207. The van der Waals surface area contributed by atoms with E-state index in [-0.39, 0.29) is 11.7 Å². The van der Waals surface area contributed by atoms with E-state index in [2.05, 4.69) is 11.1 Å². The highest BCUT2D eigenvalue weighted by Crippen LogP contribution is 2.34. The Kier molecular flexibility index (Phi) is 5.02. The van der Waals surface area contributed by atoms with Crippen molar-refractivity contribution >= 4 is 34.6 Å². The molecule has 0 spiro atoms. The van der Waals surface area contributed by atoms with Crippen LogP contribution in [0.1, 0.15) is 11.3 Å². The minimum Gasteiger partial charge on any atom is -0.457 e. The summed E-state index contributed by atoms with van der Waals surface area (Å²) >= 11 is 1.20. The number of carbonyl (C=O) groups excluding carboxylic acids is 1. The number of carbonyl (C=O) groups is 1. The predicted molar refractivity (Wildman–Crippen MR) is 111 cm³/mol. The maximum absolute atomic E-state index is 13.4. The van der Waals surface area contributed by atoms with Crippen molar-refractivity contribution in [3.05, 3.63) is 82.7 Å². The summed E-state index contributed by atoms with van der Waals surface area (Å²) in [6.45, 7) is 0. The van der Waals surface area contributed by atoms with Crippen LogP contribution in [0.2, 0.25) is 0 Å². The lowest BCUT2D eigenvalue weighted by molar-refractivity contribution is -0.121. The number of likely N-dealkylation sites (N-methyl/N-ethyl adjacent to an activating group) is 1. The Morgan fingerprint density at radius 1 is 1.17 bits per heavy atom. The molecule has 142 valence electrons. The molecule has 0 radical (unpaired) electrons. The van der Waals surface area contributed by atoms with E-state index in [0.717, 1.165) is 5.56 Å². The van der Waals surface area contributed by atoms with Crippen molar-refractivity contribution in [2.75, 3.05) is 7.05 Å². The number of thioether (sulfide) groups is 1. The second-order valence-electron chi connectivity index (χ2n) is 6.24. The second-order valence-corrected chi connectivity index (χ2v) is 7.25. The monoisotopic (exact) mass is 403 g/mol. The molecule has 2 aromatic carbocycles. The number of benzene rings is 2. The highest BCUT2D eigenvalue weighted by molar-refractivity contribution is 8.18. The maximum atomic E-state index is 13.4. The summed E-state index contributed by atoms with van der Waals surface area (Å²) in [5.41, 5.74) is 1.85. The lowest BCUT2D eigenvalue weighted by Crippen LogP contribution is -2.23. The third kappa shape index (κ3) is 3.98. The van der Waals surface area contributed by atoms with Crippen molar-refractivity contribution in [2.45, 2.75) is 0 Å². The molecule has 0 aliphatic carbocycles. The SMILES string of the molecule is CN1C(=O)/C(=C/c2ccc(-c3ccc(C#N)cc3)o2)SC1=Nc1cccc(F)c1. The average Bonchev–Trinajstić information content (AvgIpc) is 3.29. The molecule has 4 rings (SSSR count). The molecule has 29 heavy (non-hydrogen) atoms. The fraction of sp³-hybridized carbons (Fsp3) is 0.0455. The number of amides is 1. The van der Waals surface area contributed by atoms with Crippen LogP contribution in [0.4, 0.5) is 10.1 Å². The van der Waals surface area contributed by atoms with E-state index in [9.17, 15) is 9.18 Å². The number of hydrogen-bond donors (Lipinski definition) is 0. The van der Waals surface area contributed by atoms with Gasteiger partial charge in [-0.1, -0.05) is 6.07 Å². The van der Waals surface area contributed by atoms with Crippen LogP contribution >= 0.6 is 11.8 Å². The lowest BCUT2D eigenvalue weighted by atomic mass is 10.1. The fourth-order valence-corrected chi connectivity index (χ4v) is 3.70. The molecule has 1 saturated heterocycles. The van der Waals surface area contributed by atoms with Gasteiger partial charge in [0, 0.05) is 18.7 Å². The Hall–Kier alpha value is -3.63. The Morgan fingerprint density at radius 3 is 2.69 bits per heavy atom. The molecular formula is C22H14FN3O2S. The Morgan fingerprint density at radius 2 is 1.97 bits per heavy atom. The molecule has 0 N–H and O–H groups in total. The first kappa shape index (κ1) is 18.7. The van der Waals surface area contributed by atoms with Gasteiger partial charge in [-0.2, -0.15) is 5.26 Å². The van der Waals surface area contributed by atoms with E-state index >= 15 is 0 Å². The molecule has 7 heteroatoms. The highest BCUT2D eigenvalue weighted by Gasteiger charge is 2.30. The molecular weight excluding hydrogens is 389 g/mol. The number of nitrogens with zero attached hydrogens (tertiary/aromatic N) is 3. The standard InChI is InChI=1S/C22H14FN3O2S/c1-26-21(27)20(29-22(26)25-17-4-2-3-16(23)11-17)12-18-9-10-19(28-18)15-7-5-14(13-24)6-8-15/h2-12H,1H3/b20-12-,25-22?. The number of hydrogen-bond acceptors (Lipinski definition) is 5. The van der Waals surface area contributed by atoms with Gasteiger partial charge in [-0.25, -0.2) is 9.38 Å². The number of nitriles is 1. The first-order chi connectivity index (χ1) is 14.0. The molecule has 0 unspecified atom stereocenters. The molecule has 0 bridgehead atoms.